The number of benzene rings is 1. The Morgan fingerprint density at radius 2 is 2.00 bits per heavy atom. The summed E-state index contributed by atoms with van der Waals surface area (Å²) in [5.74, 6) is -0.393. The Balaban J connectivity index is 2.02. The van der Waals surface area contributed by atoms with E-state index in [1.165, 1.54) is 18.2 Å². The van der Waals surface area contributed by atoms with Crippen LogP contribution < -0.4 is 10.6 Å². The molecule has 2 aliphatic rings. The second kappa shape index (κ2) is 8.01. The van der Waals surface area contributed by atoms with Crippen LogP contribution in [0, 0.1) is 40.7 Å². The average molecular weight is 483 g/mol. The summed E-state index contributed by atoms with van der Waals surface area (Å²) < 4.78 is 0. The van der Waals surface area contributed by atoms with Gasteiger partial charge in [-0.2, -0.15) is 5.26 Å². The molecule has 0 saturated carbocycles. The van der Waals surface area contributed by atoms with E-state index in [4.69, 9.17) is 17.3 Å². The molecule has 1 aliphatic heterocycles. The Hall–Kier alpha value is -3.15. The van der Waals surface area contributed by atoms with E-state index in [1.807, 2.05) is 33.8 Å². The van der Waals surface area contributed by atoms with Crippen molar-refractivity contribution in [2.75, 3.05) is 4.90 Å². The van der Waals surface area contributed by atoms with Gasteiger partial charge in [-0.1, -0.05) is 25.4 Å². The van der Waals surface area contributed by atoms with Crippen LogP contribution in [0.3, 0.4) is 0 Å². The minimum atomic E-state index is -0.549. The topological polar surface area (TPSA) is 113 Å². The Morgan fingerprint density at radius 3 is 2.55 bits per heavy atom. The van der Waals surface area contributed by atoms with Crippen LogP contribution in [0.5, 0.6) is 0 Å². The fourth-order valence-corrected chi connectivity index (χ4v) is 6.05. The molecule has 2 aromatic rings. The lowest BCUT2D eigenvalue weighted by molar-refractivity contribution is -0.384. The predicted octanol–water partition coefficient (Wildman–Crippen LogP) is 5.87. The number of rotatable bonds is 3. The Bertz CT molecular complexity index is 1320. The molecule has 0 saturated heterocycles. The number of nitriles is 1. The maximum atomic E-state index is 13.5. The van der Waals surface area contributed by atoms with Gasteiger partial charge in [-0.25, -0.2) is 0 Å². The van der Waals surface area contributed by atoms with Crippen molar-refractivity contribution in [3.63, 3.8) is 0 Å². The number of anilines is 1. The zero-order chi connectivity index (χ0) is 24.2. The van der Waals surface area contributed by atoms with Crippen molar-refractivity contribution < 1.29 is 9.72 Å². The van der Waals surface area contributed by atoms with Gasteiger partial charge in [-0.05, 0) is 43.4 Å². The van der Waals surface area contributed by atoms with Crippen LogP contribution in [0.4, 0.5) is 11.4 Å². The number of hydrogen-bond donors (Lipinski definition) is 1. The van der Waals surface area contributed by atoms with E-state index in [2.05, 4.69) is 6.07 Å². The van der Waals surface area contributed by atoms with Gasteiger partial charge in [0.25, 0.3) is 5.69 Å². The van der Waals surface area contributed by atoms with E-state index in [9.17, 15) is 20.2 Å². The molecule has 7 nitrogen and oxygen atoms in total. The van der Waals surface area contributed by atoms with Crippen molar-refractivity contribution in [2.45, 2.75) is 46.5 Å². The largest absolute Gasteiger partial charge is 0.384 e. The van der Waals surface area contributed by atoms with E-state index in [0.29, 0.717) is 29.8 Å². The van der Waals surface area contributed by atoms with Crippen LogP contribution in [0.1, 0.15) is 47.9 Å². The summed E-state index contributed by atoms with van der Waals surface area (Å²) in [6, 6.07) is 8.37. The molecule has 1 aliphatic carbocycles. The van der Waals surface area contributed by atoms with E-state index >= 15 is 0 Å². The summed E-state index contributed by atoms with van der Waals surface area (Å²) in [4.78, 5) is 28.0. The molecular weight excluding hydrogens is 460 g/mol. The first-order valence-corrected chi connectivity index (χ1v) is 11.6. The van der Waals surface area contributed by atoms with Gasteiger partial charge in [0.05, 0.1) is 33.2 Å². The van der Waals surface area contributed by atoms with Crippen LogP contribution in [0.2, 0.25) is 5.02 Å². The summed E-state index contributed by atoms with van der Waals surface area (Å²) in [6.45, 7) is 8.00. The van der Waals surface area contributed by atoms with E-state index in [1.54, 1.807) is 16.2 Å². The average Bonchev–Trinajstić information content (AvgIpc) is 3.04. The van der Waals surface area contributed by atoms with Gasteiger partial charge in [0.2, 0.25) is 0 Å². The first-order chi connectivity index (χ1) is 15.4. The smallest absolute Gasteiger partial charge is 0.271 e. The monoisotopic (exact) mass is 482 g/mol. The number of allylic oxidation sites excluding steroid dienone is 3. The molecular formula is C24H23ClN4O3S. The highest BCUT2D eigenvalue weighted by molar-refractivity contribution is 7.12. The van der Waals surface area contributed by atoms with E-state index in [-0.39, 0.29) is 33.3 Å². The number of Topliss-reactive ketones (excluding diaryl/α,β-unsaturated/α-hetero) is 1. The van der Waals surface area contributed by atoms with Crippen molar-refractivity contribution in [3.05, 3.63) is 77.4 Å². The molecule has 1 unspecified atom stereocenters. The van der Waals surface area contributed by atoms with Gasteiger partial charge in [0.15, 0.2) is 5.78 Å². The van der Waals surface area contributed by atoms with Crippen molar-refractivity contribution in [3.8, 4) is 6.07 Å². The number of hydrogen-bond acceptors (Lipinski definition) is 7. The lowest BCUT2D eigenvalue weighted by Crippen LogP contribution is -2.42. The second-order valence-electron chi connectivity index (χ2n) is 9.24. The number of ketones is 1. The van der Waals surface area contributed by atoms with Gasteiger partial charge in [-0.15, -0.1) is 11.3 Å². The number of thiophene rings is 1. The highest BCUT2D eigenvalue weighted by Crippen LogP contribution is 2.52. The number of nitrogens with zero attached hydrogens (tertiary/aromatic N) is 3. The molecule has 1 aromatic carbocycles. The van der Waals surface area contributed by atoms with Crippen LogP contribution in [-0.2, 0) is 4.79 Å². The number of non-ortho nitro benzene ring substituents is 1. The van der Waals surface area contributed by atoms with Crippen molar-refractivity contribution >= 4 is 40.1 Å². The molecule has 0 spiro atoms. The van der Waals surface area contributed by atoms with Gasteiger partial charge in [-0.3, -0.25) is 19.8 Å². The molecule has 1 aromatic heterocycles. The number of nitro benzene ring substituents is 1. The predicted molar refractivity (Wildman–Crippen MR) is 129 cm³/mol. The molecule has 0 amide bonds. The molecule has 2 N–H and O–H groups in total. The highest BCUT2D eigenvalue weighted by atomic mass is 35.5. The normalized spacial score (nSPS) is 20.1. The van der Waals surface area contributed by atoms with Crippen LogP contribution in [-0.4, -0.2) is 10.7 Å². The van der Waals surface area contributed by atoms with Crippen molar-refractivity contribution in [2.24, 2.45) is 11.1 Å². The number of carbonyl (C=O) groups is 1. The molecule has 2 heterocycles. The van der Waals surface area contributed by atoms with Crippen LogP contribution in [0.25, 0.3) is 0 Å². The Labute approximate surface area is 200 Å². The van der Waals surface area contributed by atoms with Gasteiger partial charge < -0.3 is 5.73 Å². The Kier molecular flexibility index (Phi) is 5.59. The summed E-state index contributed by atoms with van der Waals surface area (Å²) >= 11 is 8.09. The first-order valence-electron chi connectivity index (χ1n) is 10.4. The highest BCUT2D eigenvalue weighted by Gasteiger charge is 2.45. The fraction of sp³-hybridized carbons (Fsp3) is 0.333. The van der Waals surface area contributed by atoms with Crippen molar-refractivity contribution in [1.29, 1.82) is 5.26 Å². The maximum absolute atomic E-state index is 13.5. The third kappa shape index (κ3) is 3.81. The third-order valence-corrected chi connectivity index (χ3v) is 7.44. The van der Waals surface area contributed by atoms with Gasteiger partial charge in [0, 0.05) is 39.6 Å². The minimum absolute atomic E-state index is 0.0298. The third-order valence-electron chi connectivity index (χ3n) is 6.15. The van der Waals surface area contributed by atoms with Crippen molar-refractivity contribution in [1.82, 2.24) is 0 Å². The molecule has 4 rings (SSSR count). The zero-order valence-corrected chi connectivity index (χ0v) is 20.3. The summed E-state index contributed by atoms with van der Waals surface area (Å²) in [6.07, 6.45) is 0.893. The van der Waals surface area contributed by atoms with Gasteiger partial charge in [0.1, 0.15) is 5.82 Å². The van der Waals surface area contributed by atoms with Gasteiger partial charge >= 0.3 is 0 Å². The molecule has 170 valence electrons. The molecule has 1 atom stereocenters. The number of nitrogens with two attached hydrogens (primary N) is 1. The summed E-state index contributed by atoms with van der Waals surface area (Å²) in [5.41, 5.74) is 8.96. The van der Waals surface area contributed by atoms with Crippen LogP contribution >= 0.6 is 22.9 Å². The maximum Gasteiger partial charge on any atom is 0.271 e. The number of aryl methyl sites for hydroxylation is 2. The minimum Gasteiger partial charge on any atom is -0.384 e. The van der Waals surface area contributed by atoms with E-state index in [0.717, 1.165) is 15.3 Å². The molecule has 0 bridgehead atoms. The SMILES string of the molecule is Cc1cc(C2C(C#N)=C(N)N(c3ccc([N+](=O)[O-])cc3Cl)C3=C2C(=O)CC(C)(C)C3)c(C)s1. The lowest BCUT2D eigenvalue weighted by atomic mass is 9.68. The van der Waals surface area contributed by atoms with E-state index < -0.39 is 10.8 Å². The number of carbonyl (C=O) groups excluding carboxylic acids is 1. The second-order valence-corrected chi connectivity index (χ2v) is 11.1. The first kappa shape index (κ1) is 23.0. The quantitative estimate of drug-likeness (QED) is 0.432. The number of halogens is 1. The zero-order valence-electron chi connectivity index (χ0n) is 18.7. The molecule has 0 radical (unpaired) electrons. The molecule has 0 fully saturated rings. The summed E-state index contributed by atoms with van der Waals surface area (Å²) in [5, 5.41) is 21.5. The lowest BCUT2D eigenvalue weighted by Gasteiger charge is -2.44. The standard InChI is InChI=1S/C24H23ClN4O3S/c1-12-7-15(13(2)33-12)21-16(11-26)23(27)28(18-6-5-14(29(31)32)8-17(18)25)19-9-24(3,4)10-20(30)22(19)21/h5-8,21H,9-10,27H2,1-4H3. The molecule has 9 heteroatoms. The number of nitro groups is 1. The Morgan fingerprint density at radius 1 is 1.30 bits per heavy atom. The summed E-state index contributed by atoms with van der Waals surface area (Å²) in [7, 11) is 0. The fourth-order valence-electron chi connectivity index (χ4n) is 4.82. The van der Waals surface area contributed by atoms with Crippen LogP contribution in [0.15, 0.2) is 46.9 Å². The molecule has 33 heavy (non-hydrogen) atoms.